The highest BCUT2D eigenvalue weighted by Gasteiger charge is 2.28. The van der Waals surface area contributed by atoms with Crippen molar-refractivity contribution >= 4 is 68.1 Å². The Morgan fingerprint density at radius 2 is 1.54 bits per heavy atom. The van der Waals surface area contributed by atoms with Gasteiger partial charge >= 0.3 is 5.97 Å². The molecular formula is C14H9Cl4NO4S. The molecule has 0 unspecified atom stereocenters. The second kappa shape index (κ2) is 7.37. The molecule has 0 bridgehead atoms. The van der Waals surface area contributed by atoms with E-state index in [0.717, 1.165) is 6.07 Å². The van der Waals surface area contributed by atoms with Gasteiger partial charge in [0.05, 0.1) is 20.6 Å². The third-order valence-corrected chi connectivity index (χ3v) is 5.84. The Hall–Kier alpha value is -1.18. The van der Waals surface area contributed by atoms with Gasteiger partial charge in [0.25, 0.3) is 10.0 Å². The molecule has 128 valence electrons. The van der Waals surface area contributed by atoms with Crippen LogP contribution in [0.25, 0.3) is 0 Å². The minimum absolute atomic E-state index is 0.0148. The summed E-state index contributed by atoms with van der Waals surface area (Å²) in [6, 6.07) is 7.67. The molecule has 0 amide bonds. The van der Waals surface area contributed by atoms with Gasteiger partial charge in [0.2, 0.25) is 0 Å². The van der Waals surface area contributed by atoms with Gasteiger partial charge < -0.3 is 5.11 Å². The van der Waals surface area contributed by atoms with E-state index < -0.39 is 22.5 Å². The normalized spacial score (nSPS) is 11.3. The van der Waals surface area contributed by atoms with Gasteiger partial charge in [0.15, 0.2) is 0 Å². The fourth-order valence-corrected chi connectivity index (χ4v) is 4.19. The van der Waals surface area contributed by atoms with Crippen LogP contribution in [0.3, 0.4) is 0 Å². The van der Waals surface area contributed by atoms with E-state index in [4.69, 9.17) is 51.5 Å². The summed E-state index contributed by atoms with van der Waals surface area (Å²) in [6.45, 7) is -0.820. The van der Waals surface area contributed by atoms with E-state index in [9.17, 15) is 13.2 Å². The fourth-order valence-electron chi connectivity index (χ4n) is 1.89. The lowest BCUT2D eigenvalue weighted by Gasteiger charge is -2.23. The van der Waals surface area contributed by atoms with Crippen LogP contribution in [0, 0.1) is 0 Å². The highest BCUT2D eigenvalue weighted by atomic mass is 35.5. The van der Waals surface area contributed by atoms with E-state index in [0.29, 0.717) is 4.31 Å². The number of nitrogens with zero attached hydrogens (tertiary/aromatic N) is 1. The topological polar surface area (TPSA) is 74.7 Å². The number of halogens is 4. The molecule has 2 rings (SSSR count). The van der Waals surface area contributed by atoms with Crippen LogP contribution in [0.2, 0.25) is 20.1 Å². The first-order valence-corrected chi connectivity index (χ1v) is 9.22. The Kier molecular flexibility index (Phi) is 5.88. The smallest absolute Gasteiger partial charge is 0.324 e. The Balaban J connectivity index is 2.61. The molecule has 24 heavy (non-hydrogen) atoms. The van der Waals surface area contributed by atoms with Crippen LogP contribution >= 0.6 is 46.4 Å². The van der Waals surface area contributed by atoms with E-state index in [1.165, 1.54) is 30.3 Å². The molecule has 0 radical (unpaired) electrons. The predicted octanol–water partition coefficient (Wildman–Crippen LogP) is 4.58. The van der Waals surface area contributed by atoms with Gasteiger partial charge in [-0.3, -0.25) is 9.10 Å². The van der Waals surface area contributed by atoms with Crippen LogP contribution in [0.5, 0.6) is 0 Å². The number of hydrogen-bond acceptors (Lipinski definition) is 3. The maximum Gasteiger partial charge on any atom is 0.324 e. The van der Waals surface area contributed by atoms with Crippen molar-refractivity contribution < 1.29 is 18.3 Å². The van der Waals surface area contributed by atoms with Gasteiger partial charge in [-0.2, -0.15) is 0 Å². The van der Waals surface area contributed by atoms with E-state index in [1.54, 1.807) is 0 Å². The van der Waals surface area contributed by atoms with Gasteiger partial charge in [-0.05, 0) is 36.4 Å². The van der Waals surface area contributed by atoms with Crippen molar-refractivity contribution in [1.29, 1.82) is 0 Å². The number of carboxylic acid groups (broad SMARTS) is 1. The number of carbonyl (C=O) groups is 1. The molecule has 2 aromatic carbocycles. The van der Waals surface area contributed by atoms with Crippen molar-refractivity contribution in [2.45, 2.75) is 4.90 Å². The number of carboxylic acids is 1. The van der Waals surface area contributed by atoms with E-state index in [1.807, 2.05) is 0 Å². The summed E-state index contributed by atoms with van der Waals surface area (Å²) in [6.07, 6.45) is 0. The van der Waals surface area contributed by atoms with Crippen LogP contribution in [-0.2, 0) is 14.8 Å². The number of sulfonamides is 1. The molecule has 1 N–H and O–H groups in total. The SMILES string of the molecule is O=C(O)CN(c1cc(Cl)cc(Cl)c1)S(=O)(=O)c1ccc(Cl)c(Cl)c1. The maximum absolute atomic E-state index is 12.8. The zero-order valence-electron chi connectivity index (χ0n) is 11.7. The van der Waals surface area contributed by atoms with Crippen molar-refractivity contribution in [2.24, 2.45) is 0 Å². The molecule has 0 saturated heterocycles. The van der Waals surface area contributed by atoms with Crippen molar-refractivity contribution in [2.75, 3.05) is 10.8 Å². The first-order chi connectivity index (χ1) is 11.1. The Morgan fingerprint density at radius 3 is 2.04 bits per heavy atom. The highest BCUT2D eigenvalue weighted by molar-refractivity contribution is 7.92. The monoisotopic (exact) mass is 427 g/mol. The zero-order valence-corrected chi connectivity index (χ0v) is 15.6. The van der Waals surface area contributed by atoms with Gasteiger partial charge in [0, 0.05) is 10.0 Å². The molecule has 0 aromatic heterocycles. The van der Waals surface area contributed by atoms with Crippen molar-refractivity contribution in [1.82, 2.24) is 0 Å². The average molecular weight is 429 g/mol. The lowest BCUT2D eigenvalue weighted by Crippen LogP contribution is -2.35. The minimum atomic E-state index is -4.23. The number of hydrogen-bond donors (Lipinski definition) is 1. The summed E-state index contributed by atoms with van der Waals surface area (Å²) in [5.41, 5.74) is 0.0148. The summed E-state index contributed by atoms with van der Waals surface area (Å²) in [5.74, 6) is -1.35. The molecule has 0 spiro atoms. The van der Waals surface area contributed by atoms with Crippen molar-refractivity contribution in [3.8, 4) is 0 Å². The summed E-state index contributed by atoms with van der Waals surface area (Å²) >= 11 is 23.4. The van der Waals surface area contributed by atoms with Gasteiger partial charge in [-0.25, -0.2) is 8.42 Å². The second-order valence-electron chi connectivity index (χ2n) is 4.61. The summed E-state index contributed by atoms with van der Waals surface area (Å²) in [7, 11) is -4.23. The van der Waals surface area contributed by atoms with E-state index in [-0.39, 0.29) is 30.7 Å². The lowest BCUT2D eigenvalue weighted by atomic mass is 10.3. The van der Waals surface area contributed by atoms with E-state index >= 15 is 0 Å². The molecule has 5 nitrogen and oxygen atoms in total. The third kappa shape index (κ3) is 4.26. The first kappa shape index (κ1) is 19.1. The summed E-state index contributed by atoms with van der Waals surface area (Å²) in [5, 5.41) is 9.60. The molecule has 0 saturated carbocycles. The molecule has 0 aliphatic rings. The molecule has 0 heterocycles. The molecule has 0 atom stereocenters. The molecule has 0 aliphatic heterocycles. The van der Waals surface area contributed by atoms with Crippen LogP contribution in [0.1, 0.15) is 0 Å². The molecule has 2 aromatic rings. The lowest BCUT2D eigenvalue weighted by molar-refractivity contribution is -0.135. The maximum atomic E-state index is 12.8. The molecule has 0 fully saturated rings. The van der Waals surface area contributed by atoms with Crippen LogP contribution in [0.4, 0.5) is 5.69 Å². The van der Waals surface area contributed by atoms with Crippen LogP contribution in [-0.4, -0.2) is 26.0 Å². The molecular weight excluding hydrogens is 420 g/mol. The number of anilines is 1. The second-order valence-corrected chi connectivity index (χ2v) is 8.16. The molecule has 0 aliphatic carbocycles. The first-order valence-electron chi connectivity index (χ1n) is 6.27. The number of aliphatic carboxylic acids is 1. The van der Waals surface area contributed by atoms with Gasteiger partial charge in [-0.1, -0.05) is 46.4 Å². The summed E-state index contributed by atoms with van der Waals surface area (Å²) in [4.78, 5) is 10.9. The number of rotatable bonds is 5. The Morgan fingerprint density at radius 1 is 0.958 bits per heavy atom. The Bertz CT molecular complexity index is 881. The van der Waals surface area contributed by atoms with Crippen LogP contribution in [0.15, 0.2) is 41.3 Å². The largest absolute Gasteiger partial charge is 0.480 e. The number of benzene rings is 2. The third-order valence-electron chi connectivity index (χ3n) is 2.89. The zero-order chi connectivity index (χ0) is 18.1. The fraction of sp³-hybridized carbons (Fsp3) is 0.0714. The van der Waals surface area contributed by atoms with Gasteiger partial charge in [0.1, 0.15) is 6.54 Å². The van der Waals surface area contributed by atoms with Crippen LogP contribution < -0.4 is 4.31 Å². The van der Waals surface area contributed by atoms with Gasteiger partial charge in [-0.15, -0.1) is 0 Å². The van der Waals surface area contributed by atoms with E-state index in [2.05, 4.69) is 0 Å². The van der Waals surface area contributed by atoms with Crippen molar-refractivity contribution in [3.05, 3.63) is 56.5 Å². The predicted molar refractivity (Wildman–Crippen MR) is 95.1 cm³/mol. The van der Waals surface area contributed by atoms with Crippen molar-refractivity contribution in [3.63, 3.8) is 0 Å². The Labute approximate surface area is 158 Å². The minimum Gasteiger partial charge on any atom is -0.480 e. The molecule has 10 heteroatoms. The summed E-state index contributed by atoms with van der Waals surface area (Å²) < 4.78 is 26.3. The average Bonchev–Trinajstić information content (AvgIpc) is 2.46. The quantitative estimate of drug-likeness (QED) is 0.756. The standard InChI is InChI=1S/C14H9Cl4NO4S/c15-8-3-9(16)5-10(4-8)19(7-14(20)21)24(22,23)11-1-2-12(17)13(18)6-11/h1-6H,7H2,(H,20,21). The highest BCUT2D eigenvalue weighted by Crippen LogP contribution is 2.31.